The van der Waals surface area contributed by atoms with Gasteiger partial charge in [0.2, 0.25) is 5.91 Å². The summed E-state index contributed by atoms with van der Waals surface area (Å²) in [5.41, 5.74) is 4.57. The van der Waals surface area contributed by atoms with Crippen molar-refractivity contribution in [2.45, 2.75) is 50.3 Å². The quantitative estimate of drug-likeness (QED) is 0.632. The molecule has 2 aliphatic heterocycles. The SMILES string of the molecule is CCC(CNC(=O)OCC1c2ccccc2-c2ccccc21)C(=O)N1C(C(=O)O)CC2OCCC21. The van der Waals surface area contributed by atoms with Crippen molar-refractivity contribution in [2.24, 2.45) is 5.92 Å². The van der Waals surface area contributed by atoms with Gasteiger partial charge >= 0.3 is 12.1 Å². The molecule has 5 rings (SSSR count). The van der Waals surface area contributed by atoms with Crippen molar-refractivity contribution < 1.29 is 29.0 Å². The number of carboxylic acids is 1. The van der Waals surface area contributed by atoms with Crippen molar-refractivity contribution in [1.82, 2.24) is 10.2 Å². The lowest BCUT2D eigenvalue weighted by Crippen LogP contribution is -2.50. The van der Waals surface area contributed by atoms with Crippen LogP contribution >= 0.6 is 0 Å². The van der Waals surface area contributed by atoms with Gasteiger partial charge in [0.05, 0.1) is 18.1 Å². The highest BCUT2D eigenvalue weighted by Gasteiger charge is 2.50. The van der Waals surface area contributed by atoms with Gasteiger partial charge in [-0.3, -0.25) is 4.79 Å². The predicted octanol–water partition coefficient (Wildman–Crippen LogP) is 3.39. The monoisotopic (exact) mass is 478 g/mol. The summed E-state index contributed by atoms with van der Waals surface area (Å²) in [4.78, 5) is 39.1. The number of aliphatic carboxylic acids is 1. The second-order valence-electron chi connectivity index (χ2n) is 9.41. The van der Waals surface area contributed by atoms with Crippen molar-refractivity contribution in [2.75, 3.05) is 19.8 Å². The molecule has 0 saturated carbocycles. The number of hydrogen-bond donors (Lipinski definition) is 2. The summed E-state index contributed by atoms with van der Waals surface area (Å²) in [6.07, 6.45) is 0.603. The minimum Gasteiger partial charge on any atom is -0.480 e. The molecule has 184 valence electrons. The van der Waals surface area contributed by atoms with Crippen LogP contribution in [-0.4, -0.2) is 65.9 Å². The molecule has 2 amide bonds. The summed E-state index contributed by atoms with van der Waals surface area (Å²) in [6.45, 7) is 2.67. The Morgan fingerprint density at radius 1 is 1.11 bits per heavy atom. The first-order chi connectivity index (χ1) is 17.0. The largest absolute Gasteiger partial charge is 0.480 e. The van der Waals surface area contributed by atoms with Crippen LogP contribution in [0.2, 0.25) is 0 Å². The van der Waals surface area contributed by atoms with Gasteiger partial charge in [-0.2, -0.15) is 0 Å². The van der Waals surface area contributed by atoms with Crippen LogP contribution in [0.5, 0.6) is 0 Å². The maximum absolute atomic E-state index is 13.3. The Hall–Kier alpha value is -3.39. The fraction of sp³-hybridized carbons (Fsp3) is 0.444. The second-order valence-corrected chi connectivity index (χ2v) is 9.41. The van der Waals surface area contributed by atoms with E-state index in [9.17, 15) is 19.5 Å². The van der Waals surface area contributed by atoms with Crippen LogP contribution in [0.4, 0.5) is 4.79 Å². The summed E-state index contributed by atoms with van der Waals surface area (Å²) in [6, 6.07) is 15.1. The lowest BCUT2D eigenvalue weighted by Gasteiger charge is -2.30. The topological polar surface area (TPSA) is 105 Å². The number of ether oxygens (including phenoxy) is 2. The molecule has 0 spiro atoms. The van der Waals surface area contributed by atoms with E-state index in [0.717, 1.165) is 22.3 Å². The van der Waals surface area contributed by atoms with Gasteiger partial charge in [-0.15, -0.1) is 0 Å². The molecule has 4 atom stereocenters. The summed E-state index contributed by atoms with van der Waals surface area (Å²) in [5, 5.41) is 12.4. The first-order valence-corrected chi connectivity index (χ1v) is 12.2. The zero-order valence-electron chi connectivity index (χ0n) is 19.7. The molecule has 0 radical (unpaired) electrons. The minimum absolute atomic E-state index is 0.0445. The molecule has 2 fully saturated rings. The number of nitrogens with zero attached hydrogens (tertiary/aromatic N) is 1. The normalized spacial score (nSPS) is 23.3. The molecule has 8 heteroatoms. The van der Waals surface area contributed by atoms with E-state index in [1.54, 1.807) is 0 Å². The summed E-state index contributed by atoms with van der Waals surface area (Å²) < 4.78 is 11.2. The number of rotatable bonds is 7. The third-order valence-corrected chi connectivity index (χ3v) is 7.54. The molecule has 1 aliphatic carbocycles. The van der Waals surface area contributed by atoms with Crippen LogP contribution in [0.25, 0.3) is 11.1 Å². The van der Waals surface area contributed by atoms with Crippen LogP contribution in [0, 0.1) is 5.92 Å². The van der Waals surface area contributed by atoms with Gasteiger partial charge in [0.25, 0.3) is 0 Å². The number of carbonyl (C=O) groups excluding carboxylic acids is 2. The zero-order valence-corrected chi connectivity index (χ0v) is 19.7. The van der Waals surface area contributed by atoms with Gasteiger partial charge < -0.3 is 24.8 Å². The van der Waals surface area contributed by atoms with Gasteiger partial charge in [-0.05, 0) is 35.1 Å². The number of likely N-dealkylation sites (tertiary alicyclic amines) is 1. The molecule has 8 nitrogen and oxygen atoms in total. The van der Waals surface area contributed by atoms with Gasteiger partial charge in [0, 0.05) is 25.5 Å². The van der Waals surface area contributed by atoms with Gasteiger partial charge in [0.15, 0.2) is 0 Å². The predicted molar refractivity (Wildman–Crippen MR) is 128 cm³/mol. The third kappa shape index (κ3) is 4.27. The molecule has 0 aromatic heterocycles. The highest BCUT2D eigenvalue weighted by atomic mass is 16.5. The number of carbonyl (C=O) groups is 3. The second kappa shape index (κ2) is 9.70. The first kappa shape index (κ1) is 23.4. The van der Waals surface area contributed by atoms with E-state index < -0.39 is 24.0 Å². The number of nitrogens with one attached hydrogen (secondary N) is 1. The van der Waals surface area contributed by atoms with Gasteiger partial charge in [0.1, 0.15) is 12.6 Å². The average Bonchev–Trinajstić information content (AvgIpc) is 3.54. The van der Waals surface area contributed by atoms with Gasteiger partial charge in [-0.1, -0.05) is 55.5 Å². The Morgan fingerprint density at radius 2 is 1.77 bits per heavy atom. The summed E-state index contributed by atoms with van der Waals surface area (Å²) in [7, 11) is 0. The molecular formula is C27H30N2O6. The van der Waals surface area contributed by atoms with E-state index in [2.05, 4.69) is 29.6 Å². The van der Waals surface area contributed by atoms with Crippen LogP contribution in [0.3, 0.4) is 0 Å². The third-order valence-electron chi connectivity index (χ3n) is 7.54. The molecule has 0 bridgehead atoms. The highest BCUT2D eigenvalue weighted by molar-refractivity contribution is 5.87. The zero-order chi connectivity index (χ0) is 24.5. The first-order valence-electron chi connectivity index (χ1n) is 12.2. The van der Waals surface area contributed by atoms with Crippen molar-refractivity contribution in [1.29, 1.82) is 0 Å². The van der Waals surface area contributed by atoms with Crippen LogP contribution in [-0.2, 0) is 19.1 Å². The Morgan fingerprint density at radius 3 is 2.40 bits per heavy atom. The molecule has 2 N–H and O–H groups in total. The molecule has 2 saturated heterocycles. The van der Waals surface area contributed by atoms with E-state index >= 15 is 0 Å². The Kier molecular flexibility index (Phi) is 6.47. The van der Waals surface area contributed by atoms with Crippen molar-refractivity contribution in [3.63, 3.8) is 0 Å². The number of amides is 2. The number of alkyl carbamates (subject to hydrolysis) is 1. The number of fused-ring (bicyclic) bond motifs is 4. The van der Waals surface area contributed by atoms with E-state index in [4.69, 9.17) is 9.47 Å². The Balaban J connectivity index is 1.20. The Labute approximate surface area is 204 Å². The molecule has 35 heavy (non-hydrogen) atoms. The highest BCUT2D eigenvalue weighted by Crippen LogP contribution is 2.44. The summed E-state index contributed by atoms with van der Waals surface area (Å²) >= 11 is 0. The average molecular weight is 479 g/mol. The van der Waals surface area contributed by atoms with Crippen molar-refractivity contribution in [3.8, 4) is 11.1 Å². The van der Waals surface area contributed by atoms with Crippen LogP contribution < -0.4 is 5.32 Å². The molecule has 3 aliphatic rings. The van der Waals surface area contributed by atoms with E-state index in [1.165, 1.54) is 4.90 Å². The molecule has 2 aromatic rings. The van der Waals surface area contributed by atoms with Crippen LogP contribution in [0.15, 0.2) is 48.5 Å². The summed E-state index contributed by atoms with van der Waals surface area (Å²) in [5.74, 6) is -1.85. The number of carboxylic acid groups (broad SMARTS) is 1. The Bertz CT molecular complexity index is 1090. The number of hydrogen-bond acceptors (Lipinski definition) is 5. The standard InChI is InChI=1S/C27H30N2O6/c1-2-16(25(30)29-22-11-12-34-24(22)13-23(29)26(31)32)14-28-27(33)35-15-21-19-9-5-3-7-17(19)18-8-4-6-10-20(18)21/h3-10,16,21-24H,2,11-15H2,1H3,(H,28,33)(H,31,32). The molecule has 4 unspecified atom stereocenters. The van der Waals surface area contributed by atoms with Crippen molar-refractivity contribution >= 4 is 18.0 Å². The van der Waals surface area contributed by atoms with E-state index in [-0.39, 0.29) is 37.1 Å². The van der Waals surface area contributed by atoms with Crippen LogP contribution in [0.1, 0.15) is 43.2 Å². The van der Waals surface area contributed by atoms with Gasteiger partial charge in [-0.25, -0.2) is 9.59 Å². The lowest BCUT2D eigenvalue weighted by atomic mass is 9.98. The molecule has 2 heterocycles. The molecular weight excluding hydrogens is 448 g/mol. The number of benzene rings is 2. The van der Waals surface area contributed by atoms with E-state index in [1.807, 2.05) is 31.2 Å². The maximum atomic E-state index is 13.3. The van der Waals surface area contributed by atoms with Crippen molar-refractivity contribution in [3.05, 3.63) is 59.7 Å². The fourth-order valence-electron chi connectivity index (χ4n) is 5.76. The van der Waals surface area contributed by atoms with E-state index in [0.29, 0.717) is 25.9 Å². The minimum atomic E-state index is -1.02. The maximum Gasteiger partial charge on any atom is 0.407 e. The smallest absolute Gasteiger partial charge is 0.407 e. The fourth-order valence-corrected chi connectivity index (χ4v) is 5.76. The lowest BCUT2D eigenvalue weighted by molar-refractivity contribution is -0.151. The molecule has 2 aromatic carbocycles.